The first-order valence-corrected chi connectivity index (χ1v) is 8.35. The monoisotopic (exact) mass is 351 g/mol. The average molecular weight is 351 g/mol. The number of carbonyl (C=O) groups excluding carboxylic acids is 1. The van der Waals surface area contributed by atoms with Crippen molar-refractivity contribution in [2.75, 3.05) is 12.8 Å². The predicted molar refractivity (Wildman–Crippen MR) is 88.4 cm³/mol. The van der Waals surface area contributed by atoms with Gasteiger partial charge in [-0.25, -0.2) is 4.39 Å². The van der Waals surface area contributed by atoms with Crippen LogP contribution in [0.5, 0.6) is 5.75 Å². The molecule has 1 heterocycles. The van der Waals surface area contributed by atoms with Crippen molar-refractivity contribution in [2.45, 2.75) is 25.0 Å². The minimum atomic E-state index is -0.481. The third-order valence-corrected chi connectivity index (χ3v) is 4.92. The van der Waals surface area contributed by atoms with Crippen LogP contribution in [-0.2, 0) is 0 Å². The van der Waals surface area contributed by atoms with Crippen LogP contribution in [0, 0.1) is 11.7 Å². The molecule has 24 heavy (non-hydrogen) atoms. The Morgan fingerprint density at radius 2 is 2.29 bits per heavy atom. The van der Waals surface area contributed by atoms with Gasteiger partial charge in [0.25, 0.3) is 5.91 Å². The van der Waals surface area contributed by atoms with E-state index in [2.05, 4.69) is 9.69 Å². The third kappa shape index (κ3) is 3.20. The van der Waals surface area contributed by atoms with Crippen LogP contribution in [0.1, 0.15) is 34.8 Å². The van der Waals surface area contributed by atoms with Crippen LogP contribution in [0.15, 0.2) is 23.6 Å². The number of anilines is 1. The molecule has 4 N–H and O–H groups in total. The summed E-state index contributed by atoms with van der Waals surface area (Å²) in [5.41, 5.74) is 6.53. The van der Waals surface area contributed by atoms with Gasteiger partial charge in [0, 0.05) is 10.9 Å². The highest BCUT2D eigenvalue weighted by molar-refractivity contribution is 7.04. The van der Waals surface area contributed by atoms with Gasteiger partial charge in [-0.2, -0.15) is 4.37 Å². The van der Waals surface area contributed by atoms with Crippen LogP contribution in [0.2, 0.25) is 0 Å². The van der Waals surface area contributed by atoms with Gasteiger partial charge in [-0.3, -0.25) is 4.79 Å². The third-order valence-electron chi connectivity index (χ3n) is 4.28. The Hall–Kier alpha value is -2.19. The number of nitrogens with one attached hydrogen (secondary N) is 1. The fourth-order valence-corrected chi connectivity index (χ4v) is 3.53. The van der Waals surface area contributed by atoms with E-state index in [1.807, 2.05) is 0 Å². The second-order valence-electron chi connectivity index (χ2n) is 5.84. The van der Waals surface area contributed by atoms with Crippen molar-refractivity contribution in [3.63, 3.8) is 0 Å². The molecule has 1 aromatic heterocycles. The highest BCUT2D eigenvalue weighted by atomic mass is 32.1. The van der Waals surface area contributed by atoms with Crippen LogP contribution < -0.4 is 15.8 Å². The highest BCUT2D eigenvalue weighted by Crippen LogP contribution is 2.41. The van der Waals surface area contributed by atoms with E-state index < -0.39 is 18.0 Å². The van der Waals surface area contributed by atoms with Crippen LogP contribution in [-0.4, -0.2) is 28.6 Å². The summed E-state index contributed by atoms with van der Waals surface area (Å²) in [7, 11) is 1.49. The summed E-state index contributed by atoms with van der Waals surface area (Å²) in [5.74, 6) is -0.149. The van der Waals surface area contributed by atoms with Gasteiger partial charge in [0.2, 0.25) is 0 Å². The van der Waals surface area contributed by atoms with E-state index in [0.717, 1.165) is 11.5 Å². The second kappa shape index (κ2) is 6.74. The maximum absolute atomic E-state index is 13.7. The molecule has 128 valence electrons. The Bertz CT molecular complexity index is 746. The number of aromatic nitrogens is 1. The number of aliphatic hydroxyl groups excluding tert-OH is 1. The van der Waals surface area contributed by atoms with E-state index in [9.17, 15) is 14.3 Å². The fourth-order valence-electron chi connectivity index (χ4n) is 2.93. The molecule has 1 aliphatic rings. The van der Waals surface area contributed by atoms with Crippen molar-refractivity contribution in [1.29, 1.82) is 0 Å². The summed E-state index contributed by atoms with van der Waals surface area (Å²) in [4.78, 5) is 12.5. The molecule has 3 rings (SSSR count). The molecule has 8 heteroatoms. The average Bonchev–Trinajstić information content (AvgIpc) is 2.96. The molecule has 1 atom stereocenters. The number of hydrogen-bond donors (Lipinski definition) is 3. The number of hydrogen-bond acceptors (Lipinski definition) is 6. The number of carbonyl (C=O) groups is 1. The zero-order chi connectivity index (χ0) is 17.3. The minimum Gasteiger partial charge on any atom is -0.496 e. The van der Waals surface area contributed by atoms with Gasteiger partial charge in [-0.05, 0) is 48.5 Å². The number of ether oxygens (including phenoxy) is 1. The van der Waals surface area contributed by atoms with Crippen molar-refractivity contribution in [3.05, 3.63) is 40.5 Å². The van der Waals surface area contributed by atoms with Gasteiger partial charge in [0.05, 0.1) is 24.8 Å². The quantitative estimate of drug-likeness (QED) is 0.766. The summed E-state index contributed by atoms with van der Waals surface area (Å²) in [6, 6.07) is 3.70. The molecular formula is C16H18FN3O3S. The van der Waals surface area contributed by atoms with Crippen LogP contribution >= 0.6 is 11.5 Å². The lowest BCUT2D eigenvalue weighted by atomic mass is 9.74. The molecular weight excluding hydrogens is 333 g/mol. The lowest BCUT2D eigenvalue weighted by Crippen LogP contribution is -2.41. The lowest BCUT2D eigenvalue weighted by Gasteiger charge is -2.38. The fraction of sp³-hybridized carbons (Fsp3) is 0.375. The maximum atomic E-state index is 13.7. The standard InChI is InChI=1S/C16H18FN3O3S/c1-23-13-3-2-9(17)6-11(13)14(8-4-10(21)5-8)19-16(22)12-7-24-20-15(12)18/h2-3,6-8,10,14,21H,4-5H2,1H3,(H2,18,20)(H,19,22)/t8?,10?,14-/m0/s1. The van der Waals surface area contributed by atoms with Gasteiger partial charge >= 0.3 is 0 Å². The van der Waals surface area contributed by atoms with E-state index >= 15 is 0 Å². The highest BCUT2D eigenvalue weighted by Gasteiger charge is 2.37. The van der Waals surface area contributed by atoms with Crippen LogP contribution in [0.4, 0.5) is 10.2 Å². The number of nitrogens with two attached hydrogens (primary N) is 1. The number of halogens is 1. The first-order chi connectivity index (χ1) is 11.5. The molecule has 0 radical (unpaired) electrons. The van der Waals surface area contributed by atoms with Gasteiger partial charge in [-0.15, -0.1) is 0 Å². The number of nitrogen functional groups attached to an aromatic ring is 1. The number of rotatable bonds is 5. The lowest BCUT2D eigenvalue weighted by molar-refractivity contribution is 0.0231. The zero-order valence-corrected chi connectivity index (χ0v) is 13.8. The summed E-state index contributed by atoms with van der Waals surface area (Å²) in [5, 5.41) is 14.1. The summed E-state index contributed by atoms with van der Waals surface area (Å²) in [6.45, 7) is 0. The largest absolute Gasteiger partial charge is 0.496 e. The van der Waals surface area contributed by atoms with Gasteiger partial charge < -0.3 is 20.9 Å². The summed E-state index contributed by atoms with van der Waals surface area (Å²) < 4.78 is 22.9. The Kier molecular flexibility index (Phi) is 4.68. The first kappa shape index (κ1) is 16.7. The van der Waals surface area contributed by atoms with E-state index in [1.165, 1.54) is 25.3 Å². The van der Waals surface area contributed by atoms with Crippen molar-refractivity contribution >= 4 is 23.3 Å². The second-order valence-corrected chi connectivity index (χ2v) is 6.47. The molecule has 1 amide bonds. The molecule has 0 spiro atoms. The van der Waals surface area contributed by atoms with Crippen molar-refractivity contribution < 1.29 is 19.0 Å². The van der Waals surface area contributed by atoms with Gasteiger partial charge in [0.1, 0.15) is 17.4 Å². The molecule has 0 aliphatic heterocycles. The molecule has 0 saturated heterocycles. The van der Waals surface area contributed by atoms with Gasteiger partial charge in [-0.1, -0.05) is 0 Å². The number of benzene rings is 1. The van der Waals surface area contributed by atoms with E-state index in [1.54, 1.807) is 5.38 Å². The molecule has 1 aliphatic carbocycles. The molecule has 1 fully saturated rings. The summed E-state index contributed by atoms with van der Waals surface area (Å²) >= 11 is 1.10. The normalized spacial score (nSPS) is 21.0. The molecule has 2 aromatic rings. The van der Waals surface area contributed by atoms with Crippen molar-refractivity contribution in [3.8, 4) is 5.75 Å². The molecule has 0 bridgehead atoms. The SMILES string of the molecule is COc1ccc(F)cc1[C@@H](NC(=O)c1csnc1N)C1CC(O)C1. The first-order valence-electron chi connectivity index (χ1n) is 7.51. The van der Waals surface area contributed by atoms with Crippen LogP contribution in [0.25, 0.3) is 0 Å². The topological polar surface area (TPSA) is 97.5 Å². The van der Waals surface area contributed by atoms with Crippen LogP contribution in [0.3, 0.4) is 0 Å². The van der Waals surface area contributed by atoms with Crippen molar-refractivity contribution in [2.24, 2.45) is 5.92 Å². The number of nitrogens with zero attached hydrogens (tertiary/aromatic N) is 1. The number of aliphatic hydroxyl groups is 1. The minimum absolute atomic E-state index is 0.00697. The molecule has 6 nitrogen and oxygen atoms in total. The molecule has 1 saturated carbocycles. The van der Waals surface area contributed by atoms with E-state index in [-0.39, 0.29) is 17.6 Å². The van der Waals surface area contributed by atoms with Crippen molar-refractivity contribution in [1.82, 2.24) is 9.69 Å². The van der Waals surface area contributed by atoms with E-state index in [4.69, 9.17) is 10.5 Å². The smallest absolute Gasteiger partial charge is 0.256 e. The van der Waals surface area contributed by atoms with E-state index in [0.29, 0.717) is 29.7 Å². The Labute approximate surface area is 142 Å². The van der Waals surface area contributed by atoms with Gasteiger partial charge in [0.15, 0.2) is 0 Å². The Balaban J connectivity index is 1.91. The number of amides is 1. The number of methoxy groups -OCH3 is 1. The molecule has 0 unspecified atom stereocenters. The molecule has 1 aromatic carbocycles. The summed E-state index contributed by atoms with van der Waals surface area (Å²) in [6.07, 6.45) is 0.658. The zero-order valence-electron chi connectivity index (χ0n) is 13.0. The predicted octanol–water partition coefficient (Wildman–Crippen LogP) is 2.12. The Morgan fingerprint density at radius 3 is 2.88 bits per heavy atom. The maximum Gasteiger partial charge on any atom is 0.256 e. The Morgan fingerprint density at radius 1 is 1.54 bits per heavy atom.